The second kappa shape index (κ2) is 8.48. The van der Waals surface area contributed by atoms with E-state index in [1.807, 2.05) is 0 Å². The molecule has 150 valence electrons. The Morgan fingerprint density at radius 3 is 2.61 bits per heavy atom. The first-order valence-corrected chi connectivity index (χ1v) is 10.6. The predicted octanol–water partition coefficient (Wildman–Crippen LogP) is 2.79. The van der Waals surface area contributed by atoms with Crippen molar-refractivity contribution >= 4 is 33.2 Å². The Kier molecular flexibility index (Phi) is 6.24. The second-order valence-electron chi connectivity index (χ2n) is 6.58. The van der Waals surface area contributed by atoms with E-state index in [4.69, 9.17) is 16.3 Å². The SMILES string of the molecule is COc1ccc(S(=O)(=O)N[C@H]2CC[C@@H](O)C2)cc1C(=O)Nc1ccccc1Cl. The van der Waals surface area contributed by atoms with E-state index in [0.717, 1.165) is 0 Å². The minimum absolute atomic E-state index is 0.0565. The van der Waals surface area contributed by atoms with Crippen molar-refractivity contribution in [3.63, 3.8) is 0 Å². The van der Waals surface area contributed by atoms with Crippen molar-refractivity contribution in [3.8, 4) is 5.75 Å². The third-order valence-corrected chi connectivity index (χ3v) is 6.42. The molecule has 2 aromatic rings. The zero-order valence-corrected chi connectivity index (χ0v) is 16.8. The van der Waals surface area contributed by atoms with Crippen molar-refractivity contribution in [2.75, 3.05) is 12.4 Å². The molecule has 0 bridgehead atoms. The van der Waals surface area contributed by atoms with Gasteiger partial charge in [0.1, 0.15) is 5.75 Å². The van der Waals surface area contributed by atoms with Crippen LogP contribution in [0.2, 0.25) is 5.02 Å². The van der Waals surface area contributed by atoms with E-state index in [9.17, 15) is 18.3 Å². The molecule has 9 heteroatoms. The fourth-order valence-electron chi connectivity index (χ4n) is 3.14. The van der Waals surface area contributed by atoms with E-state index < -0.39 is 22.0 Å². The molecule has 2 aromatic carbocycles. The minimum atomic E-state index is -3.85. The number of hydrogen-bond donors (Lipinski definition) is 3. The topological polar surface area (TPSA) is 105 Å². The van der Waals surface area contributed by atoms with Crippen molar-refractivity contribution < 1.29 is 23.1 Å². The van der Waals surface area contributed by atoms with Gasteiger partial charge in [0.25, 0.3) is 5.91 Å². The van der Waals surface area contributed by atoms with E-state index in [1.165, 1.54) is 25.3 Å². The van der Waals surface area contributed by atoms with Gasteiger partial charge >= 0.3 is 0 Å². The number of anilines is 1. The van der Waals surface area contributed by atoms with E-state index in [-0.39, 0.29) is 22.3 Å². The van der Waals surface area contributed by atoms with Gasteiger partial charge in [-0.05, 0) is 49.6 Å². The lowest BCUT2D eigenvalue weighted by atomic mass is 10.2. The van der Waals surface area contributed by atoms with Crippen LogP contribution in [0.1, 0.15) is 29.6 Å². The molecule has 0 heterocycles. The standard InChI is InChI=1S/C19H21ClN2O5S/c1-27-18-9-8-14(28(25,26)22-12-6-7-13(23)10-12)11-15(18)19(24)21-17-5-3-2-4-16(17)20/h2-5,8-9,11-13,22-23H,6-7,10H2,1H3,(H,21,24)/t12-,13+/m0/s1. The van der Waals surface area contributed by atoms with Gasteiger partial charge in [0.15, 0.2) is 0 Å². The van der Waals surface area contributed by atoms with E-state index in [1.54, 1.807) is 24.3 Å². The summed E-state index contributed by atoms with van der Waals surface area (Å²) in [5, 5.41) is 12.6. The van der Waals surface area contributed by atoms with Crippen LogP contribution in [-0.2, 0) is 10.0 Å². The maximum Gasteiger partial charge on any atom is 0.259 e. The van der Waals surface area contributed by atoms with Gasteiger partial charge < -0.3 is 15.2 Å². The number of aliphatic hydroxyl groups excluding tert-OH is 1. The second-order valence-corrected chi connectivity index (χ2v) is 8.70. The van der Waals surface area contributed by atoms with Crippen molar-refractivity contribution in [2.45, 2.75) is 36.3 Å². The molecule has 28 heavy (non-hydrogen) atoms. The smallest absolute Gasteiger partial charge is 0.259 e. The van der Waals surface area contributed by atoms with Crippen LogP contribution in [0, 0.1) is 0 Å². The monoisotopic (exact) mass is 424 g/mol. The normalized spacial score (nSPS) is 19.4. The number of hydrogen-bond acceptors (Lipinski definition) is 5. The molecule has 2 atom stereocenters. The van der Waals surface area contributed by atoms with Crippen LogP contribution in [0.15, 0.2) is 47.4 Å². The average Bonchev–Trinajstić information content (AvgIpc) is 3.07. The molecule has 1 amide bonds. The molecule has 3 rings (SSSR count). The highest BCUT2D eigenvalue weighted by atomic mass is 35.5. The van der Waals surface area contributed by atoms with E-state index in [0.29, 0.717) is 30.0 Å². The van der Waals surface area contributed by atoms with Crippen LogP contribution in [0.25, 0.3) is 0 Å². The summed E-state index contributed by atoms with van der Waals surface area (Å²) in [5.74, 6) is -0.307. The number of carbonyl (C=O) groups is 1. The highest BCUT2D eigenvalue weighted by Gasteiger charge is 2.28. The van der Waals surface area contributed by atoms with E-state index >= 15 is 0 Å². The Labute approximate surface area is 168 Å². The maximum atomic E-state index is 12.7. The third kappa shape index (κ3) is 4.64. The molecule has 1 fully saturated rings. The van der Waals surface area contributed by atoms with Crippen LogP contribution in [0.3, 0.4) is 0 Å². The van der Waals surface area contributed by atoms with Gasteiger partial charge in [-0.15, -0.1) is 0 Å². The number of benzene rings is 2. The van der Waals surface area contributed by atoms with Gasteiger partial charge in [0.2, 0.25) is 10.0 Å². The predicted molar refractivity (Wildman–Crippen MR) is 106 cm³/mol. The summed E-state index contributed by atoms with van der Waals surface area (Å²) in [4.78, 5) is 12.7. The molecule has 0 radical (unpaired) electrons. The van der Waals surface area contributed by atoms with Gasteiger partial charge in [-0.2, -0.15) is 0 Å². The number of rotatable bonds is 6. The summed E-state index contributed by atoms with van der Waals surface area (Å²) in [5.41, 5.74) is 0.472. The Hall–Kier alpha value is -2.13. The molecular formula is C19H21ClN2O5S. The number of para-hydroxylation sites is 1. The summed E-state index contributed by atoms with van der Waals surface area (Å²) < 4.78 is 33.2. The summed E-state index contributed by atoms with van der Waals surface area (Å²) in [6, 6.07) is 10.5. The molecule has 0 saturated heterocycles. The number of ether oxygens (including phenoxy) is 1. The van der Waals surface area contributed by atoms with Gasteiger partial charge in [-0.3, -0.25) is 4.79 Å². The quantitative estimate of drug-likeness (QED) is 0.661. The Morgan fingerprint density at radius 1 is 1.21 bits per heavy atom. The molecule has 1 saturated carbocycles. The molecule has 0 aromatic heterocycles. The number of halogens is 1. The van der Waals surface area contributed by atoms with Crippen LogP contribution >= 0.6 is 11.6 Å². The summed E-state index contributed by atoms with van der Waals surface area (Å²) in [6.45, 7) is 0. The summed E-state index contributed by atoms with van der Waals surface area (Å²) in [6.07, 6.45) is 0.993. The van der Waals surface area contributed by atoms with Gasteiger partial charge in [-0.25, -0.2) is 13.1 Å². The largest absolute Gasteiger partial charge is 0.496 e. The molecule has 0 spiro atoms. The van der Waals surface area contributed by atoms with Crippen molar-refractivity contribution in [1.29, 1.82) is 0 Å². The summed E-state index contributed by atoms with van der Waals surface area (Å²) in [7, 11) is -2.46. The lowest BCUT2D eigenvalue weighted by Crippen LogP contribution is -2.33. The number of aliphatic hydroxyl groups is 1. The van der Waals surface area contributed by atoms with Crippen molar-refractivity contribution in [3.05, 3.63) is 53.1 Å². The number of methoxy groups -OCH3 is 1. The molecular weight excluding hydrogens is 404 g/mol. The van der Waals surface area contributed by atoms with Crippen LogP contribution in [-0.4, -0.2) is 38.7 Å². The van der Waals surface area contributed by atoms with Gasteiger partial charge in [0, 0.05) is 6.04 Å². The molecule has 3 N–H and O–H groups in total. The number of sulfonamides is 1. The average molecular weight is 425 g/mol. The third-order valence-electron chi connectivity index (χ3n) is 4.57. The number of carbonyl (C=O) groups excluding carboxylic acids is 1. The van der Waals surface area contributed by atoms with Gasteiger partial charge in [0.05, 0.1) is 34.4 Å². The fraction of sp³-hybridized carbons (Fsp3) is 0.316. The highest BCUT2D eigenvalue weighted by molar-refractivity contribution is 7.89. The molecule has 0 aliphatic heterocycles. The van der Waals surface area contributed by atoms with Gasteiger partial charge in [-0.1, -0.05) is 23.7 Å². The van der Waals surface area contributed by atoms with Crippen molar-refractivity contribution in [2.24, 2.45) is 0 Å². The van der Waals surface area contributed by atoms with Crippen molar-refractivity contribution in [1.82, 2.24) is 4.72 Å². The molecule has 1 aliphatic rings. The maximum absolute atomic E-state index is 12.7. The first kappa shape index (κ1) is 20.6. The van der Waals surface area contributed by atoms with E-state index in [2.05, 4.69) is 10.0 Å². The zero-order chi connectivity index (χ0) is 20.3. The Morgan fingerprint density at radius 2 is 1.96 bits per heavy atom. The Bertz CT molecular complexity index is 980. The Balaban J connectivity index is 1.87. The highest BCUT2D eigenvalue weighted by Crippen LogP contribution is 2.27. The minimum Gasteiger partial charge on any atom is -0.496 e. The molecule has 7 nitrogen and oxygen atoms in total. The fourth-order valence-corrected chi connectivity index (χ4v) is 4.63. The first-order valence-electron chi connectivity index (χ1n) is 8.74. The molecule has 1 aliphatic carbocycles. The zero-order valence-electron chi connectivity index (χ0n) is 15.2. The lowest BCUT2D eigenvalue weighted by Gasteiger charge is -2.15. The number of nitrogens with one attached hydrogen (secondary N) is 2. The summed E-state index contributed by atoms with van der Waals surface area (Å²) >= 11 is 6.07. The van der Waals surface area contributed by atoms with Crippen LogP contribution in [0.5, 0.6) is 5.75 Å². The lowest BCUT2D eigenvalue weighted by molar-refractivity contribution is 0.102. The van der Waals surface area contributed by atoms with Crippen LogP contribution < -0.4 is 14.8 Å². The molecule has 0 unspecified atom stereocenters. The number of amides is 1. The first-order chi connectivity index (χ1) is 13.3. The van der Waals surface area contributed by atoms with Crippen LogP contribution in [0.4, 0.5) is 5.69 Å².